The maximum atomic E-state index is 13.8. The average Bonchev–Trinajstić information content (AvgIpc) is 2.72. The van der Waals surface area contributed by atoms with Gasteiger partial charge < -0.3 is 0 Å². The first-order valence-electron chi connectivity index (χ1n) is 10.7. The summed E-state index contributed by atoms with van der Waals surface area (Å²) in [5.41, 5.74) is -0.230. The summed E-state index contributed by atoms with van der Waals surface area (Å²) in [6, 6.07) is 8.53. The van der Waals surface area contributed by atoms with Crippen LogP contribution in [0.3, 0.4) is 0 Å². The van der Waals surface area contributed by atoms with Crippen molar-refractivity contribution < 1.29 is 26.3 Å². The van der Waals surface area contributed by atoms with Crippen molar-refractivity contribution in [2.24, 2.45) is 11.8 Å². The van der Waals surface area contributed by atoms with Gasteiger partial charge in [0.05, 0.1) is 6.67 Å². The summed E-state index contributed by atoms with van der Waals surface area (Å²) in [6.45, 7) is -0.312. The van der Waals surface area contributed by atoms with Gasteiger partial charge in [-0.05, 0) is 85.6 Å². The minimum absolute atomic E-state index is 0.0775. The van der Waals surface area contributed by atoms with Crippen LogP contribution >= 0.6 is 0 Å². The molecule has 0 nitrogen and oxygen atoms in total. The van der Waals surface area contributed by atoms with E-state index in [4.69, 9.17) is 0 Å². The highest BCUT2D eigenvalue weighted by molar-refractivity contribution is 5.64. The van der Waals surface area contributed by atoms with Crippen LogP contribution in [0.25, 0.3) is 11.1 Å². The normalized spacial score (nSPS) is 19.8. The standard InChI is InChI=1S/C25H26F6/c26-14-2-1-3-17-4-6-18(7-5-17)8-9-19-10-12-20(13-11-19)21-15-22(27)24(23(28)16-21)25(29,30)31/h1,3,10-13,15-18H,2,4-9,14H2. The molecule has 1 saturated carbocycles. The molecule has 2 aromatic carbocycles. The predicted octanol–water partition coefficient (Wildman–Crippen LogP) is 8.31. The van der Waals surface area contributed by atoms with E-state index in [1.807, 2.05) is 18.2 Å². The first kappa shape index (κ1) is 23.4. The Labute approximate surface area is 179 Å². The quantitative estimate of drug-likeness (QED) is 0.300. The summed E-state index contributed by atoms with van der Waals surface area (Å²) in [5.74, 6) is -2.03. The smallest absolute Gasteiger partial charge is 0.251 e. The lowest BCUT2D eigenvalue weighted by molar-refractivity contribution is -0.142. The van der Waals surface area contributed by atoms with Crippen LogP contribution in [-0.2, 0) is 12.6 Å². The molecule has 0 unspecified atom stereocenters. The Morgan fingerprint density at radius 1 is 0.871 bits per heavy atom. The van der Waals surface area contributed by atoms with E-state index in [1.54, 1.807) is 12.1 Å². The fourth-order valence-electron chi connectivity index (χ4n) is 4.27. The fourth-order valence-corrected chi connectivity index (χ4v) is 4.27. The Balaban J connectivity index is 1.56. The van der Waals surface area contributed by atoms with Gasteiger partial charge in [0, 0.05) is 0 Å². The number of hydrogen-bond donors (Lipinski definition) is 0. The van der Waals surface area contributed by atoms with Crippen LogP contribution in [0.15, 0.2) is 48.6 Å². The van der Waals surface area contributed by atoms with E-state index >= 15 is 0 Å². The second kappa shape index (κ2) is 10.4. The molecule has 0 heterocycles. The minimum Gasteiger partial charge on any atom is -0.251 e. The molecule has 0 atom stereocenters. The highest BCUT2D eigenvalue weighted by Gasteiger charge is 2.37. The molecule has 6 heteroatoms. The zero-order valence-electron chi connectivity index (χ0n) is 17.2. The second-order valence-corrected chi connectivity index (χ2v) is 8.23. The van der Waals surface area contributed by atoms with Crippen LogP contribution in [-0.4, -0.2) is 6.67 Å². The van der Waals surface area contributed by atoms with Crippen LogP contribution in [0.4, 0.5) is 26.3 Å². The van der Waals surface area contributed by atoms with Crippen LogP contribution < -0.4 is 0 Å². The fraction of sp³-hybridized carbons (Fsp3) is 0.440. The van der Waals surface area contributed by atoms with E-state index in [2.05, 4.69) is 6.08 Å². The zero-order valence-corrected chi connectivity index (χ0v) is 17.2. The van der Waals surface area contributed by atoms with Crippen molar-refractivity contribution in [3.63, 3.8) is 0 Å². The first-order chi connectivity index (χ1) is 14.8. The predicted molar refractivity (Wildman–Crippen MR) is 110 cm³/mol. The lowest BCUT2D eigenvalue weighted by Gasteiger charge is -2.26. The van der Waals surface area contributed by atoms with Crippen molar-refractivity contribution >= 4 is 0 Å². The van der Waals surface area contributed by atoms with E-state index in [9.17, 15) is 26.3 Å². The van der Waals surface area contributed by atoms with Gasteiger partial charge in [-0.1, -0.05) is 36.4 Å². The second-order valence-electron chi connectivity index (χ2n) is 8.23. The van der Waals surface area contributed by atoms with Gasteiger partial charge in [0.1, 0.15) is 17.2 Å². The summed E-state index contributed by atoms with van der Waals surface area (Å²) in [4.78, 5) is 0. The third kappa shape index (κ3) is 6.37. The molecule has 0 amide bonds. The molecule has 0 aliphatic heterocycles. The lowest BCUT2D eigenvalue weighted by atomic mass is 9.79. The molecule has 0 N–H and O–H groups in total. The van der Waals surface area contributed by atoms with Crippen molar-refractivity contribution in [3.8, 4) is 11.1 Å². The molecule has 1 aliphatic rings. The molecule has 0 aromatic heterocycles. The third-order valence-corrected chi connectivity index (χ3v) is 6.03. The van der Waals surface area contributed by atoms with Crippen LogP contribution in [0.5, 0.6) is 0 Å². The van der Waals surface area contributed by atoms with Gasteiger partial charge >= 0.3 is 6.18 Å². The molecule has 2 aromatic rings. The molecule has 3 rings (SSSR count). The molecule has 31 heavy (non-hydrogen) atoms. The first-order valence-corrected chi connectivity index (χ1v) is 10.7. The molecule has 1 fully saturated rings. The van der Waals surface area contributed by atoms with Crippen LogP contribution in [0, 0.1) is 23.5 Å². The molecular formula is C25H26F6. The Bertz CT molecular complexity index is 851. The van der Waals surface area contributed by atoms with Crippen molar-refractivity contribution in [2.75, 3.05) is 6.67 Å². The summed E-state index contributed by atoms with van der Waals surface area (Å²) in [5, 5.41) is 0. The lowest BCUT2D eigenvalue weighted by Crippen LogP contribution is -2.13. The molecule has 1 aliphatic carbocycles. The maximum Gasteiger partial charge on any atom is 0.422 e. The van der Waals surface area contributed by atoms with Gasteiger partial charge in [0.2, 0.25) is 0 Å². The molecule has 0 saturated heterocycles. The van der Waals surface area contributed by atoms with Crippen molar-refractivity contribution in [3.05, 3.63) is 71.3 Å². The van der Waals surface area contributed by atoms with E-state index in [1.165, 1.54) is 0 Å². The molecule has 0 radical (unpaired) electrons. The Kier molecular flexibility index (Phi) is 7.84. The number of aryl methyl sites for hydroxylation is 1. The third-order valence-electron chi connectivity index (χ3n) is 6.03. The molecule has 168 valence electrons. The maximum absolute atomic E-state index is 13.8. The van der Waals surface area contributed by atoms with E-state index in [0.29, 0.717) is 23.8 Å². The number of alkyl halides is 4. The number of halogens is 6. The van der Waals surface area contributed by atoms with Gasteiger partial charge in [-0.25, -0.2) is 8.78 Å². The van der Waals surface area contributed by atoms with E-state index < -0.39 is 23.4 Å². The van der Waals surface area contributed by atoms with Gasteiger partial charge in [-0.15, -0.1) is 0 Å². The topological polar surface area (TPSA) is 0 Å². The number of rotatable bonds is 7. The van der Waals surface area contributed by atoms with E-state index in [0.717, 1.165) is 56.2 Å². The number of benzene rings is 2. The molecule has 0 bridgehead atoms. The van der Waals surface area contributed by atoms with Gasteiger partial charge in [-0.2, -0.15) is 13.2 Å². The zero-order chi connectivity index (χ0) is 22.4. The number of hydrogen-bond acceptors (Lipinski definition) is 0. The summed E-state index contributed by atoms with van der Waals surface area (Å²) in [7, 11) is 0. The van der Waals surface area contributed by atoms with Gasteiger partial charge in [0.15, 0.2) is 0 Å². The van der Waals surface area contributed by atoms with Gasteiger partial charge in [-0.3, -0.25) is 4.39 Å². The SMILES string of the molecule is FCCC=CC1CCC(CCc2ccc(-c3cc(F)c(C(F)(F)F)c(F)c3)cc2)CC1. The summed E-state index contributed by atoms with van der Waals surface area (Å²) < 4.78 is 78.0. The van der Waals surface area contributed by atoms with Crippen molar-refractivity contribution in [1.29, 1.82) is 0 Å². The molecule has 0 spiro atoms. The Morgan fingerprint density at radius 3 is 2.03 bits per heavy atom. The van der Waals surface area contributed by atoms with E-state index in [-0.39, 0.29) is 12.2 Å². The highest BCUT2D eigenvalue weighted by atomic mass is 19.4. The largest absolute Gasteiger partial charge is 0.422 e. The molecular weight excluding hydrogens is 414 g/mol. The van der Waals surface area contributed by atoms with Gasteiger partial charge in [0.25, 0.3) is 0 Å². The van der Waals surface area contributed by atoms with Crippen LogP contribution in [0.2, 0.25) is 0 Å². The van der Waals surface area contributed by atoms with Crippen molar-refractivity contribution in [2.45, 2.75) is 51.1 Å². The van der Waals surface area contributed by atoms with Crippen LogP contribution in [0.1, 0.15) is 49.7 Å². The summed E-state index contributed by atoms with van der Waals surface area (Å²) in [6.07, 6.45) is 5.95. The number of allylic oxidation sites excluding steroid dienone is 2. The van der Waals surface area contributed by atoms with Crippen molar-refractivity contribution in [1.82, 2.24) is 0 Å². The minimum atomic E-state index is -5.07. The average molecular weight is 440 g/mol. The monoisotopic (exact) mass is 440 g/mol. The Hall–Kier alpha value is -2.24. The summed E-state index contributed by atoms with van der Waals surface area (Å²) >= 11 is 0. The highest BCUT2D eigenvalue weighted by Crippen LogP contribution is 2.36. The Morgan fingerprint density at radius 2 is 1.48 bits per heavy atom.